The first-order valence-corrected chi connectivity index (χ1v) is 7.40. The maximum atomic E-state index is 12.0. The van der Waals surface area contributed by atoms with Crippen molar-refractivity contribution in [2.75, 3.05) is 26.2 Å². The molecule has 0 spiro atoms. The van der Waals surface area contributed by atoms with Crippen LogP contribution < -0.4 is 5.32 Å². The van der Waals surface area contributed by atoms with E-state index in [1.165, 1.54) is 13.0 Å². The van der Waals surface area contributed by atoms with Gasteiger partial charge in [-0.2, -0.15) is 0 Å². The molecular weight excluding hydrogens is 226 g/mol. The van der Waals surface area contributed by atoms with E-state index in [9.17, 15) is 4.79 Å². The van der Waals surface area contributed by atoms with Crippen LogP contribution in [0.1, 0.15) is 40.0 Å². The van der Waals surface area contributed by atoms with Crippen molar-refractivity contribution in [3.8, 4) is 0 Å². The van der Waals surface area contributed by atoms with E-state index >= 15 is 0 Å². The zero-order valence-electron chi connectivity index (χ0n) is 12.0. The van der Waals surface area contributed by atoms with Crippen LogP contribution in [0.5, 0.6) is 0 Å². The molecular formula is C14H27N3O. The summed E-state index contributed by atoms with van der Waals surface area (Å²) in [6, 6.07) is 0.452. The van der Waals surface area contributed by atoms with Crippen molar-refractivity contribution < 1.29 is 4.79 Å². The number of piperidine rings is 1. The van der Waals surface area contributed by atoms with Crippen LogP contribution >= 0.6 is 0 Å². The molecule has 4 heteroatoms. The predicted molar refractivity (Wildman–Crippen MR) is 73.2 cm³/mol. The molecule has 0 bridgehead atoms. The summed E-state index contributed by atoms with van der Waals surface area (Å²) in [4.78, 5) is 16.7. The Kier molecular flexibility index (Phi) is 4.62. The molecule has 0 aromatic carbocycles. The maximum absolute atomic E-state index is 12.0. The second-order valence-corrected chi connectivity index (χ2v) is 5.94. The van der Waals surface area contributed by atoms with Gasteiger partial charge in [0.05, 0.1) is 12.7 Å². The van der Waals surface area contributed by atoms with E-state index in [2.05, 4.69) is 35.9 Å². The fourth-order valence-electron chi connectivity index (χ4n) is 3.26. The van der Waals surface area contributed by atoms with Crippen molar-refractivity contribution in [3.05, 3.63) is 0 Å². The van der Waals surface area contributed by atoms with Crippen molar-refractivity contribution >= 4 is 5.91 Å². The molecule has 0 radical (unpaired) electrons. The molecule has 1 unspecified atom stereocenters. The van der Waals surface area contributed by atoms with Gasteiger partial charge in [-0.15, -0.1) is 0 Å². The molecule has 4 nitrogen and oxygen atoms in total. The number of nitrogens with one attached hydrogen (secondary N) is 1. The summed E-state index contributed by atoms with van der Waals surface area (Å²) in [5.41, 5.74) is 0. The van der Waals surface area contributed by atoms with Gasteiger partial charge in [-0.05, 0) is 31.7 Å². The summed E-state index contributed by atoms with van der Waals surface area (Å²) < 4.78 is 0. The third-order valence-electron chi connectivity index (χ3n) is 4.17. The molecule has 0 aromatic heterocycles. The number of carbonyl (C=O) groups excluding carboxylic acids is 1. The topological polar surface area (TPSA) is 35.6 Å². The minimum atomic E-state index is 0.250. The lowest BCUT2D eigenvalue weighted by atomic mass is 10.0. The Morgan fingerprint density at radius 2 is 2.00 bits per heavy atom. The highest BCUT2D eigenvalue weighted by Crippen LogP contribution is 2.24. The largest absolute Gasteiger partial charge is 0.323 e. The lowest BCUT2D eigenvalue weighted by molar-refractivity contribution is -0.132. The van der Waals surface area contributed by atoms with Crippen molar-refractivity contribution in [3.63, 3.8) is 0 Å². The Labute approximate surface area is 111 Å². The summed E-state index contributed by atoms with van der Waals surface area (Å²) in [6.45, 7) is 10.6. The molecule has 0 saturated carbocycles. The van der Waals surface area contributed by atoms with Crippen LogP contribution in [0.25, 0.3) is 0 Å². The van der Waals surface area contributed by atoms with Gasteiger partial charge in [-0.1, -0.05) is 20.8 Å². The molecule has 104 valence electrons. The normalized spacial score (nSPS) is 27.4. The second kappa shape index (κ2) is 6.02. The Morgan fingerprint density at radius 3 is 2.56 bits per heavy atom. The number of hydrogen-bond donors (Lipinski definition) is 1. The van der Waals surface area contributed by atoms with E-state index in [1.54, 1.807) is 0 Å². The van der Waals surface area contributed by atoms with Gasteiger partial charge in [0.2, 0.25) is 5.91 Å². The molecule has 2 heterocycles. The molecule has 2 saturated heterocycles. The number of carbonyl (C=O) groups is 1. The van der Waals surface area contributed by atoms with E-state index in [-0.39, 0.29) is 6.17 Å². The van der Waals surface area contributed by atoms with Gasteiger partial charge in [-0.3, -0.25) is 10.1 Å². The molecule has 18 heavy (non-hydrogen) atoms. The SMILES string of the molecule is CCCN1CCC(N2C(=O)CNC2C(C)C)CC1. The highest BCUT2D eigenvalue weighted by Gasteiger charge is 2.38. The maximum Gasteiger partial charge on any atom is 0.238 e. The van der Waals surface area contributed by atoms with Crippen LogP contribution in [0.2, 0.25) is 0 Å². The van der Waals surface area contributed by atoms with E-state index in [0.29, 0.717) is 24.4 Å². The minimum absolute atomic E-state index is 0.250. The molecule has 2 aliphatic heterocycles. The first-order chi connectivity index (χ1) is 8.63. The third kappa shape index (κ3) is 2.86. The summed E-state index contributed by atoms with van der Waals surface area (Å²) in [5.74, 6) is 0.785. The Hall–Kier alpha value is -0.610. The highest BCUT2D eigenvalue weighted by atomic mass is 16.2. The lowest BCUT2D eigenvalue weighted by Gasteiger charge is -2.40. The third-order valence-corrected chi connectivity index (χ3v) is 4.17. The fourth-order valence-corrected chi connectivity index (χ4v) is 3.26. The van der Waals surface area contributed by atoms with Gasteiger partial charge in [-0.25, -0.2) is 0 Å². The van der Waals surface area contributed by atoms with Crippen LogP contribution in [-0.2, 0) is 4.79 Å². The lowest BCUT2D eigenvalue weighted by Crippen LogP contribution is -2.51. The molecule has 0 aliphatic carbocycles. The van der Waals surface area contributed by atoms with Crippen LogP contribution in [0.3, 0.4) is 0 Å². The first-order valence-electron chi connectivity index (χ1n) is 7.40. The Morgan fingerprint density at radius 1 is 1.33 bits per heavy atom. The standard InChI is InChI=1S/C14H27N3O/c1-4-7-16-8-5-12(6-9-16)17-13(18)10-15-14(17)11(2)3/h11-12,14-15H,4-10H2,1-3H3. The number of hydrogen-bond acceptors (Lipinski definition) is 3. The average Bonchev–Trinajstić information content (AvgIpc) is 2.73. The van der Waals surface area contributed by atoms with E-state index in [4.69, 9.17) is 0 Å². The van der Waals surface area contributed by atoms with Crippen LogP contribution in [0.15, 0.2) is 0 Å². The van der Waals surface area contributed by atoms with Gasteiger partial charge in [0.1, 0.15) is 0 Å². The monoisotopic (exact) mass is 253 g/mol. The minimum Gasteiger partial charge on any atom is -0.323 e. The Bertz CT molecular complexity index is 285. The van der Waals surface area contributed by atoms with Crippen molar-refractivity contribution in [1.82, 2.24) is 15.1 Å². The van der Waals surface area contributed by atoms with E-state index < -0.39 is 0 Å². The highest BCUT2D eigenvalue weighted by molar-refractivity contribution is 5.81. The molecule has 0 aromatic rings. The summed E-state index contributed by atoms with van der Waals surface area (Å²) in [6.07, 6.45) is 3.75. The molecule has 2 rings (SSSR count). The number of likely N-dealkylation sites (tertiary alicyclic amines) is 1. The van der Waals surface area contributed by atoms with Crippen LogP contribution in [0.4, 0.5) is 0 Å². The summed E-state index contributed by atoms with van der Waals surface area (Å²) in [7, 11) is 0. The molecule has 1 atom stereocenters. The zero-order valence-corrected chi connectivity index (χ0v) is 12.0. The van der Waals surface area contributed by atoms with Gasteiger partial charge >= 0.3 is 0 Å². The van der Waals surface area contributed by atoms with Crippen LogP contribution in [0, 0.1) is 5.92 Å². The first kappa shape index (κ1) is 13.8. The zero-order chi connectivity index (χ0) is 13.1. The predicted octanol–water partition coefficient (Wildman–Crippen LogP) is 1.27. The number of amides is 1. The molecule has 1 N–H and O–H groups in total. The molecule has 1 amide bonds. The summed E-state index contributed by atoms with van der Waals surface area (Å²) in [5, 5.41) is 3.35. The fraction of sp³-hybridized carbons (Fsp3) is 0.929. The van der Waals surface area contributed by atoms with Gasteiger partial charge < -0.3 is 9.80 Å². The number of rotatable bonds is 4. The quantitative estimate of drug-likeness (QED) is 0.819. The second-order valence-electron chi connectivity index (χ2n) is 5.94. The average molecular weight is 253 g/mol. The smallest absolute Gasteiger partial charge is 0.238 e. The van der Waals surface area contributed by atoms with E-state index in [0.717, 1.165) is 25.9 Å². The molecule has 2 fully saturated rings. The van der Waals surface area contributed by atoms with Crippen LogP contribution in [-0.4, -0.2) is 54.1 Å². The van der Waals surface area contributed by atoms with E-state index in [1.807, 2.05) is 0 Å². The molecule has 2 aliphatic rings. The van der Waals surface area contributed by atoms with Crippen molar-refractivity contribution in [2.24, 2.45) is 5.92 Å². The number of nitrogens with zero attached hydrogens (tertiary/aromatic N) is 2. The Balaban J connectivity index is 1.93. The van der Waals surface area contributed by atoms with Gasteiger partial charge in [0.15, 0.2) is 0 Å². The summed E-state index contributed by atoms with van der Waals surface area (Å²) >= 11 is 0. The van der Waals surface area contributed by atoms with Gasteiger partial charge in [0.25, 0.3) is 0 Å². The van der Waals surface area contributed by atoms with Gasteiger partial charge in [0, 0.05) is 19.1 Å². The van der Waals surface area contributed by atoms with Crippen molar-refractivity contribution in [2.45, 2.75) is 52.2 Å². The van der Waals surface area contributed by atoms with Crippen molar-refractivity contribution in [1.29, 1.82) is 0 Å².